The fourth-order valence-electron chi connectivity index (χ4n) is 4.76. The number of hydrogen-bond acceptors (Lipinski definition) is 5. The zero-order valence-electron chi connectivity index (χ0n) is 18.3. The predicted octanol–water partition coefficient (Wildman–Crippen LogP) is 1.97. The fourth-order valence-corrected chi connectivity index (χ4v) is 4.76. The van der Waals surface area contributed by atoms with Crippen LogP contribution in [-0.4, -0.2) is 72.5 Å². The molecule has 1 spiro atoms. The Balaban J connectivity index is 1.48. The summed E-state index contributed by atoms with van der Waals surface area (Å²) in [5, 5.41) is 2.94. The van der Waals surface area contributed by atoms with Gasteiger partial charge in [-0.25, -0.2) is 0 Å². The van der Waals surface area contributed by atoms with Gasteiger partial charge in [0.15, 0.2) is 0 Å². The Morgan fingerprint density at radius 1 is 1.26 bits per heavy atom. The van der Waals surface area contributed by atoms with E-state index in [1.807, 2.05) is 4.90 Å². The molecule has 8 heteroatoms. The van der Waals surface area contributed by atoms with Crippen molar-refractivity contribution < 1.29 is 23.9 Å². The fraction of sp³-hybridized carbons (Fsp3) is 0.609. The molecule has 0 saturated carbocycles. The minimum absolute atomic E-state index is 0.0154. The van der Waals surface area contributed by atoms with Crippen molar-refractivity contribution in [2.24, 2.45) is 0 Å². The molecule has 0 radical (unpaired) electrons. The van der Waals surface area contributed by atoms with Crippen LogP contribution in [0.2, 0.25) is 0 Å². The van der Waals surface area contributed by atoms with Crippen molar-refractivity contribution in [3.05, 3.63) is 23.8 Å². The van der Waals surface area contributed by atoms with E-state index >= 15 is 0 Å². The molecule has 3 aliphatic rings. The monoisotopic (exact) mass is 429 g/mol. The summed E-state index contributed by atoms with van der Waals surface area (Å²) in [4.78, 5) is 41.8. The molecule has 3 amide bonds. The number of piperidine rings is 1. The predicted molar refractivity (Wildman–Crippen MR) is 114 cm³/mol. The summed E-state index contributed by atoms with van der Waals surface area (Å²) in [5.74, 6) is 0.849. The normalized spacial score (nSPS) is 26.5. The van der Waals surface area contributed by atoms with E-state index in [0.29, 0.717) is 43.0 Å². The Hall–Kier alpha value is -2.77. The van der Waals surface area contributed by atoms with Gasteiger partial charge in [0.05, 0.1) is 25.8 Å². The highest BCUT2D eigenvalue weighted by molar-refractivity contribution is 5.97. The number of amides is 3. The zero-order chi connectivity index (χ0) is 22.0. The van der Waals surface area contributed by atoms with Crippen molar-refractivity contribution in [2.75, 3.05) is 33.3 Å². The molecule has 1 aromatic carbocycles. The molecule has 3 aliphatic heterocycles. The van der Waals surface area contributed by atoms with Crippen LogP contribution in [0.3, 0.4) is 0 Å². The highest BCUT2D eigenvalue weighted by Crippen LogP contribution is 2.35. The van der Waals surface area contributed by atoms with Crippen LogP contribution in [0.15, 0.2) is 18.2 Å². The Labute approximate surface area is 182 Å². The van der Waals surface area contributed by atoms with Gasteiger partial charge in [0.1, 0.15) is 17.1 Å². The Bertz CT molecular complexity index is 873. The van der Waals surface area contributed by atoms with E-state index in [2.05, 4.69) is 12.2 Å². The van der Waals surface area contributed by atoms with Crippen molar-refractivity contribution in [3.8, 4) is 11.5 Å². The molecule has 1 N–H and O–H groups in total. The number of fused-ring (bicyclic) bond motifs is 1. The average Bonchev–Trinajstić information content (AvgIpc) is 3.01. The molecule has 3 heterocycles. The molecule has 0 aromatic heterocycles. The molecule has 31 heavy (non-hydrogen) atoms. The van der Waals surface area contributed by atoms with Crippen LogP contribution in [0.4, 0.5) is 0 Å². The van der Waals surface area contributed by atoms with Crippen LogP contribution in [0, 0.1) is 0 Å². The standard InChI is InChI=1S/C23H31N3O5/c1-16-5-3-4-11-26(16)21(28)14-25-12-10-23(9-8-20(25)27)15-24-22(29)18-7-6-17(30-2)13-19(18)31-23/h6-7,13,16H,3-5,8-12,14-15H2,1-2H3,(H,24,29). The summed E-state index contributed by atoms with van der Waals surface area (Å²) in [5.41, 5.74) is -0.238. The number of nitrogens with one attached hydrogen (secondary N) is 1. The summed E-state index contributed by atoms with van der Waals surface area (Å²) in [6, 6.07) is 5.36. The minimum atomic E-state index is -0.695. The van der Waals surface area contributed by atoms with Gasteiger partial charge in [0.2, 0.25) is 11.8 Å². The molecule has 0 bridgehead atoms. The molecule has 0 aliphatic carbocycles. The smallest absolute Gasteiger partial charge is 0.255 e. The van der Waals surface area contributed by atoms with E-state index in [0.717, 1.165) is 25.8 Å². The highest BCUT2D eigenvalue weighted by Gasteiger charge is 2.41. The highest BCUT2D eigenvalue weighted by atomic mass is 16.5. The molecule has 168 valence electrons. The van der Waals surface area contributed by atoms with Gasteiger partial charge in [-0.3, -0.25) is 14.4 Å². The van der Waals surface area contributed by atoms with Gasteiger partial charge in [-0.1, -0.05) is 0 Å². The summed E-state index contributed by atoms with van der Waals surface area (Å²) < 4.78 is 11.7. The lowest BCUT2D eigenvalue weighted by Crippen LogP contribution is -2.49. The van der Waals surface area contributed by atoms with Crippen LogP contribution in [0.1, 0.15) is 55.8 Å². The molecule has 2 fully saturated rings. The van der Waals surface area contributed by atoms with Crippen LogP contribution >= 0.6 is 0 Å². The Kier molecular flexibility index (Phi) is 6.07. The number of benzene rings is 1. The number of carbonyl (C=O) groups is 3. The molecule has 2 unspecified atom stereocenters. The largest absolute Gasteiger partial charge is 0.497 e. The number of ether oxygens (including phenoxy) is 2. The SMILES string of the molecule is COc1ccc2c(c1)OC1(CCC(=O)N(CC(=O)N3CCCCC3C)CC1)CNC2=O. The van der Waals surface area contributed by atoms with E-state index in [1.165, 1.54) is 0 Å². The summed E-state index contributed by atoms with van der Waals surface area (Å²) >= 11 is 0. The van der Waals surface area contributed by atoms with E-state index in [4.69, 9.17) is 9.47 Å². The lowest BCUT2D eigenvalue weighted by molar-refractivity contribution is -0.142. The quantitative estimate of drug-likeness (QED) is 0.794. The van der Waals surface area contributed by atoms with Crippen molar-refractivity contribution in [2.45, 2.75) is 57.1 Å². The van der Waals surface area contributed by atoms with Crippen molar-refractivity contribution in [3.63, 3.8) is 0 Å². The molecular formula is C23H31N3O5. The van der Waals surface area contributed by atoms with E-state index in [9.17, 15) is 14.4 Å². The lowest BCUT2D eigenvalue weighted by atomic mass is 9.94. The van der Waals surface area contributed by atoms with Gasteiger partial charge in [-0.15, -0.1) is 0 Å². The summed E-state index contributed by atoms with van der Waals surface area (Å²) in [6.45, 7) is 3.68. The zero-order valence-corrected chi connectivity index (χ0v) is 18.3. The third kappa shape index (κ3) is 4.48. The van der Waals surface area contributed by atoms with Gasteiger partial charge in [-0.2, -0.15) is 0 Å². The third-order valence-electron chi connectivity index (χ3n) is 6.76. The maximum atomic E-state index is 12.9. The molecule has 2 atom stereocenters. The van der Waals surface area contributed by atoms with Crippen molar-refractivity contribution >= 4 is 17.7 Å². The van der Waals surface area contributed by atoms with Gasteiger partial charge >= 0.3 is 0 Å². The first-order valence-electron chi connectivity index (χ1n) is 11.1. The number of carbonyl (C=O) groups excluding carboxylic acids is 3. The minimum Gasteiger partial charge on any atom is -0.497 e. The van der Waals surface area contributed by atoms with Crippen molar-refractivity contribution in [1.82, 2.24) is 15.1 Å². The van der Waals surface area contributed by atoms with E-state index in [1.54, 1.807) is 30.2 Å². The van der Waals surface area contributed by atoms with Crippen LogP contribution in [0.25, 0.3) is 0 Å². The first-order chi connectivity index (χ1) is 14.9. The Morgan fingerprint density at radius 3 is 2.87 bits per heavy atom. The summed E-state index contributed by atoms with van der Waals surface area (Å²) in [7, 11) is 1.57. The number of methoxy groups -OCH3 is 1. The van der Waals surface area contributed by atoms with Gasteiger partial charge < -0.3 is 24.6 Å². The third-order valence-corrected chi connectivity index (χ3v) is 6.76. The van der Waals surface area contributed by atoms with Crippen LogP contribution < -0.4 is 14.8 Å². The molecule has 4 rings (SSSR count). The average molecular weight is 430 g/mol. The van der Waals surface area contributed by atoms with E-state index in [-0.39, 0.29) is 36.7 Å². The lowest BCUT2D eigenvalue weighted by Gasteiger charge is -2.35. The number of rotatable bonds is 3. The van der Waals surface area contributed by atoms with Crippen LogP contribution in [0.5, 0.6) is 11.5 Å². The maximum Gasteiger partial charge on any atom is 0.255 e. The van der Waals surface area contributed by atoms with Gasteiger partial charge in [0, 0.05) is 38.0 Å². The second-order valence-corrected chi connectivity index (χ2v) is 8.83. The molecule has 1 aromatic rings. The van der Waals surface area contributed by atoms with Crippen molar-refractivity contribution in [1.29, 1.82) is 0 Å². The summed E-state index contributed by atoms with van der Waals surface area (Å²) in [6.07, 6.45) is 4.47. The van der Waals surface area contributed by atoms with Gasteiger partial charge in [0.25, 0.3) is 5.91 Å². The Morgan fingerprint density at radius 2 is 2.10 bits per heavy atom. The first-order valence-corrected chi connectivity index (χ1v) is 11.1. The molecular weight excluding hydrogens is 398 g/mol. The first kappa shape index (κ1) is 21.5. The number of nitrogens with zero attached hydrogens (tertiary/aromatic N) is 2. The number of hydrogen-bond donors (Lipinski definition) is 1. The molecule has 8 nitrogen and oxygen atoms in total. The second-order valence-electron chi connectivity index (χ2n) is 8.83. The van der Waals surface area contributed by atoms with Crippen LogP contribution in [-0.2, 0) is 9.59 Å². The maximum absolute atomic E-state index is 12.9. The second kappa shape index (κ2) is 8.77. The number of likely N-dealkylation sites (tertiary alicyclic amines) is 2. The van der Waals surface area contributed by atoms with E-state index < -0.39 is 5.60 Å². The molecule has 2 saturated heterocycles. The van der Waals surface area contributed by atoms with Gasteiger partial charge in [-0.05, 0) is 44.7 Å². The topological polar surface area (TPSA) is 88.2 Å².